The van der Waals surface area contributed by atoms with Crippen molar-refractivity contribution in [3.63, 3.8) is 0 Å². The van der Waals surface area contributed by atoms with E-state index in [2.05, 4.69) is 15.9 Å². The predicted molar refractivity (Wildman–Crippen MR) is 74.4 cm³/mol. The van der Waals surface area contributed by atoms with Crippen LogP contribution in [0.5, 0.6) is 0 Å². The van der Waals surface area contributed by atoms with Gasteiger partial charge in [0.25, 0.3) is 0 Å². The van der Waals surface area contributed by atoms with E-state index in [4.69, 9.17) is 27.9 Å². The minimum absolute atomic E-state index is 0.339. The fourth-order valence-corrected chi connectivity index (χ4v) is 2.53. The largest absolute Gasteiger partial charge is 0.463 e. The van der Waals surface area contributed by atoms with Crippen molar-refractivity contribution in [2.45, 2.75) is 13.8 Å². The van der Waals surface area contributed by atoms with Gasteiger partial charge in [0.05, 0.1) is 16.7 Å². The van der Waals surface area contributed by atoms with Crippen LogP contribution in [-0.4, -0.2) is 12.6 Å². The summed E-state index contributed by atoms with van der Waals surface area (Å²) in [6.07, 6.45) is 1.62. The van der Waals surface area contributed by atoms with Crippen molar-refractivity contribution in [2.24, 2.45) is 0 Å². The van der Waals surface area contributed by atoms with E-state index in [1.165, 1.54) is 0 Å². The fraction of sp³-hybridized carbons (Fsp3) is 0.250. The Morgan fingerprint density at radius 3 is 2.41 bits per heavy atom. The van der Waals surface area contributed by atoms with E-state index in [1.54, 1.807) is 32.1 Å². The van der Waals surface area contributed by atoms with Crippen molar-refractivity contribution in [3.8, 4) is 0 Å². The third-order valence-corrected chi connectivity index (χ3v) is 3.09. The Bertz CT molecular complexity index is 447. The Labute approximate surface area is 119 Å². The molecule has 0 amide bonds. The number of halogens is 3. The van der Waals surface area contributed by atoms with Crippen LogP contribution in [-0.2, 0) is 9.53 Å². The van der Waals surface area contributed by atoms with E-state index < -0.39 is 0 Å². The standard InChI is InChI=1S/C12H11BrCl2O2/c1-3-17-12(16)7(2)4-9-10(14)5-8(13)6-11(9)15/h4-6H,3H2,1-2H3/b7-4+. The van der Waals surface area contributed by atoms with Crippen molar-refractivity contribution < 1.29 is 9.53 Å². The molecule has 0 aliphatic carbocycles. The molecule has 0 atom stereocenters. The molecule has 0 aliphatic rings. The van der Waals surface area contributed by atoms with Gasteiger partial charge in [-0.1, -0.05) is 39.1 Å². The van der Waals surface area contributed by atoms with Gasteiger partial charge in [0.2, 0.25) is 0 Å². The van der Waals surface area contributed by atoms with Crippen molar-refractivity contribution in [2.75, 3.05) is 6.61 Å². The molecule has 0 radical (unpaired) electrons. The number of carbonyl (C=O) groups excluding carboxylic acids is 1. The van der Waals surface area contributed by atoms with Gasteiger partial charge in [-0.25, -0.2) is 4.79 Å². The van der Waals surface area contributed by atoms with Gasteiger partial charge in [0.15, 0.2) is 0 Å². The van der Waals surface area contributed by atoms with Gasteiger partial charge in [0.1, 0.15) is 0 Å². The van der Waals surface area contributed by atoms with Crippen LogP contribution < -0.4 is 0 Å². The molecule has 0 aromatic heterocycles. The van der Waals surface area contributed by atoms with Crippen LogP contribution >= 0.6 is 39.1 Å². The topological polar surface area (TPSA) is 26.3 Å². The number of ether oxygens (including phenoxy) is 1. The molecule has 0 unspecified atom stereocenters. The molecule has 92 valence electrons. The van der Waals surface area contributed by atoms with Gasteiger partial charge >= 0.3 is 5.97 Å². The number of benzene rings is 1. The minimum atomic E-state index is -0.373. The highest BCUT2D eigenvalue weighted by atomic mass is 79.9. The summed E-state index contributed by atoms with van der Waals surface area (Å²) in [5.74, 6) is -0.373. The van der Waals surface area contributed by atoms with Gasteiger partial charge in [-0.15, -0.1) is 0 Å². The number of carbonyl (C=O) groups is 1. The van der Waals surface area contributed by atoms with E-state index in [9.17, 15) is 4.79 Å². The maximum Gasteiger partial charge on any atom is 0.333 e. The third-order valence-electron chi connectivity index (χ3n) is 2.00. The summed E-state index contributed by atoms with van der Waals surface area (Å²) < 4.78 is 5.67. The Morgan fingerprint density at radius 1 is 1.41 bits per heavy atom. The van der Waals surface area contributed by atoms with Gasteiger partial charge in [-0.05, 0) is 32.1 Å². The van der Waals surface area contributed by atoms with Gasteiger partial charge in [-0.2, -0.15) is 0 Å². The smallest absolute Gasteiger partial charge is 0.333 e. The number of rotatable bonds is 3. The Kier molecular flexibility index (Phi) is 5.50. The number of esters is 1. The van der Waals surface area contributed by atoms with Crippen LogP contribution in [0.2, 0.25) is 10.0 Å². The maximum atomic E-state index is 11.5. The molecule has 2 nitrogen and oxygen atoms in total. The zero-order chi connectivity index (χ0) is 13.0. The maximum absolute atomic E-state index is 11.5. The van der Waals surface area contributed by atoms with E-state index >= 15 is 0 Å². The third kappa shape index (κ3) is 4.02. The first-order chi connectivity index (χ1) is 7.95. The zero-order valence-electron chi connectivity index (χ0n) is 9.39. The normalized spacial score (nSPS) is 11.5. The predicted octanol–water partition coefficient (Wildman–Crippen LogP) is 4.72. The lowest BCUT2D eigenvalue weighted by molar-refractivity contribution is -0.138. The molecule has 0 aliphatic heterocycles. The van der Waals surface area contributed by atoms with Crippen LogP contribution in [0.1, 0.15) is 19.4 Å². The lowest BCUT2D eigenvalue weighted by atomic mass is 10.1. The molecule has 0 heterocycles. The second kappa shape index (κ2) is 6.43. The molecular weight excluding hydrogens is 327 g/mol. The first-order valence-corrected chi connectivity index (χ1v) is 6.50. The first kappa shape index (κ1) is 14.6. The van der Waals surface area contributed by atoms with Crippen LogP contribution in [0.25, 0.3) is 6.08 Å². The molecule has 1 aromatic carbocycles. The summed E-state index contributed by atoms with van der Waals surface area (Å²) in [5, 5.41) is 0.959. The summed E-state index contributed by atoms with van der Waals surface area (Å²) in [7, 11) is 0. The lowest BCUT2D eigenvalue weighted by Gasteiger charge is -2.05. The van der Waals surface area contributed by atoms with E-state index in [1.807, 2.05) is 0 Å². The van der Waals surface area contributed by atoms with E-state index in [0.29, 0.717) is 27.8 Å². The second-order valence-electron chi connectivity index (χ2n) is 3.33. The summed E-state index contributed by atoms with van der Waals surface area (Å²) >= 11 is 15.4. The van der Waals surface area contributed by atoms with Crippen LogP contribution in [0, 0.1) is 0 Å². The number of hydrogen-bond donors (Lipinski definition) is 0. The van der Waals surface area contributed by atoms with Crippen LogP contribution in [0.4, 0.5) is 0 Å². The molecule has 1 aromatic rings. The molecule has 0 saturated carbocycles. The summed E-state index contributed by atoms with van der Waals surface area (Å²) in [6.45, 7) is 3.75. The van der Waals surface area contributed by atoms with Gasteiger partial charge in [-0.3, -0.25) is 0 Å². The molecule has 17 heavy (non-hydrogen) atoms. The highest BCUT2D eigenvalue weighted by molar-refractivity contribution is 9.10. The van der Waals surface area contributed by atoms with E-state index in [0.717, 1.165) is 4.47 Å². The Balaban J connectivity index is 3.10. The fourth-order valence-electron chi connectivity index (χ4n) is 1.21. The molecular formula is C12H11BrCl2O2. The highest BCUT2D eigenvalue weighted by Gasteiger charge is 2.09. The van der Waals surface area contributed by atoms with Crippen molar-refractivity contribution in [3.05, 3.63) is 37.8 Å². The first-order valence-electron chi connectivity index (χ1n) is 4.95. The van der Waals surface area contributed by atoms with Gasteiger partial charge < -0.3 is 4.74 Å². The summed E-state index contributed by atoms with van der Waals surface area (Å²) in [5.41, 5.74) is 1.07. The lowest BCUT2D eigenvalue weighted by Crippen LogP contribution is -2.04. The van der Waals surface area contributed by atoms with Crippen molar-refractivity contribution in [1.29, 1.82) is 0 Å². The zero-order valence-corrected chi connectivity index (χ0v) is 12.5. The summed E-state index contributed by atoms with van der Waals surface area (Å²) in [4.78, 5) is 11.5. The Hall–Kier alpha value is -0.510. The summed E-state index contributed by atoms with van der Waals surface area (Å²) in [6, 6.07) is 3.44. The van der Waals surface area contributed by atoms with Crippen LogP contribution in [0.15, 0.2) is 22.2 Å². The average molecular weight is 338 g/mol. The van der Waals surface area contributed by atoms with Gasteiger partial charge in [0, 0.05) is 15.6 Å². The second-order valence-corrected chi connectivity index (χ2v) is 5.06. The molecule has 0 saturated heterocycles. The molecule has 0 fully saturated rings. The highest BCUT2D eigenvalue weighted by Crippen LogP contribution is 2.31. The van der Waals surface area contributed by atoms with Crippen molar-refractivity contribution in [1.82, 2.24) is 0 Å². The molecule has 1 rings (SSSR count). The Morgan fingerprint density at radius 2 is 1.94 bits per heavy atom. The number of hydrogen-bond acceptors (Lipinski definition) is 2. The quantitative estimate of drug-likeness (QED) is 0.589. The molecule has 5 heteroatoms. The van der Waals surface area contributed by atoms with E-state index in [-0.39, 0.29) is 5.97 Å². The molecule has 0 N–H and O–H groups in total. The molecule has 0 bridgehead atoms. The monoisotopic (exact) mass is 336 g/mol. The SMILES string of the molecule is CCOC(=O)/C(C)=C/c1c(Cl)cc(Br)cc1Cl. The van der Waals surface area contributed by atoms with Crippen molar-refractivity contribution >= 4 is 51.2 Å². The molecule has 0 spiro atoms. The van der Waals surface area contributed by atoms with Crippen LogP contribution in [0.3, 0.4) is 0 Å². The average Bonchev–Trinajstić information content (AvgIpc) is 2.23. The minimum Gasteiger partial charge on any atom is -0.463 e.